The molecule has 0 unspecified atom stereocenters. The van der Waals surface area contributed by atoms with Crippen LogP contribution in [0, 0.1) is 29.1 Å². The summed E-state index contributed by atoms with van der Waals surface area (Å²) in [6, 6.07) is 8.53. The van der Waals surface area contributed by atoms with Gasteiger partial charge in [0.2, 0.25) is 0 Å². The number of carbonyl (C=O) groups is 2. The van der Waals surface area contributed by atoms with Gasteiger partial charge in [0.1, 0.15) is 5.60 Å². The third-order valence-corrected chi connectivity index (χ3v) is 9.62. The van der Waals surface area contributed by atoms with E-state index in [0.29, 0.717) is 24.8 Å². The maximum Gasteiger partial charge on any atom is 0.305 e. The molecule has 0 aliphatic heterocycles. The number of carboxylic acid groups (broad SMARTS) is 1. The van der Waals surface area contributed by atoms with Crippen LogP contribution in [0.15, 0.2) is 47.1 Å². The molecule has 0 radical (unpaired) electrons. The Hall–Kier alpha value is -2.84. The molecule has 4 aliphatic rings. The largest absolute Gasteiger partial charge is 0.481 e. The van der Waals surface area contributed by atoms with Gasteiger partial charge >= 0.3 is 5.97 Å². The predicted octanol–water partition coefficient (Wildman–Crippen LogP) is 5.25. The van der Waals surface area contributed by atoms with Crippen LogP contribution in [-0.2, 0) is 9.59 Å². The van der Waals surface area contributed by atoms with Gasteiger partial charge in [0, 0.05) is 37.0 Å². The van der Waals surface area contributed by atoms with Gasteiger partial charge in [-0.2, -0.15) is 0 Å². The maximum atomic E-state index is 12.2. The zero-order valence-electron chi connectivity index (χ0n) is 21.6. The summed E-state index contributed by atoms with van der Waals surface area (Å²) in [7, 11) is 1.92. The number of aliphatic carboxylic acids is 1. The van der Waals surface area contributed by atoms with Crippen molar-refractivity contribution in [3.8, 4) is 11.8 Å². The van der Waals surface area contributed by atoms with Crippen molar-refractivity contribution < 1.29 is 19.8 Å². The highest BCUT2D eigenvalue weighted by Gasteiger charge is 2.62. The Morgan fingerprint density at radius 3 is 2.61 bits per heavy atom. The summed E-state index contributed by atoms with van der Waals surface area (Å²) in [6.45, 7) is 4.53. The Labute approximate surface area is 214 Å². The molecule has 2 N–H and O–H groups in total. The Balaban J connectivity index is 1.57. The minimum absolute atomic E-state index is 0.101. The van der Waals surface area contributed by atoms with Gasteiger partial charge in [-0.1, -0.05) is 30.6 Å². The van der Waals surface area contributed by atoms with E-state index in [1.807, 2.05) is 24.9 Å². The number of hydrogen-bond acceptors (Lipinski definition) is 4. The van der Waals surface area contributed by atoms with Crippen molar-refractivity contribution in [2.75, 3.05) is 18.5 Å². The number of benzene rings is 1. The van der Waals surface area contributed by atoms with Crippen LogP contribution in [0.1, 0.15) is 76.7 Å². The number of ketones is 1. The fraction of sp³-hybridized carbons (Fsp3) is 0.548. The van der Waals surface area contributed by atoms with Crippen molar-refractivity contribution in [2.45, 2.75) is 76.7 Å². The number of rotatable bonds is 5. The second-order valence-electron chi connectivity index (χ2n) is 11.4. The van der Waals surface area contributed by atoms with E-state index in [-0.39, 0.29) is 23.5 Å². The van der Waals surface area contributed by atoms with Crippen molar-refractivity contribution in [3.63, 3.8) is 0 Å². The molecule has 5 heteroatoms. The van der Waals surface area contributed by atoms with Gasteiger partial charge < -0.3 is 15.1 Å². The van der Waals surface area contributed by atoms with E-state index in [1.54, 1.807) is 0 Å². The first-order valence-corrected chi connectivity index (χ1v) is 13.3. The number of allylic oxidation sites excluding steroid dienone is 4. The zero-order valence-corrected chi connectivity index (χ0v) is 21.6. The van der Waals surface area contributed by atoms with Gasteiger partial charge in [-0.3, -0.25) is 9.59 Å². The van der Waals surface area contributed by atoms with Crippen molar-refractivity contribution in [1.29, 1.82) is 0 Å². The number of carbonyl (C=O) groups excluding carboxylic acids is 1. The van der Waals surface area contributed by atoms with Crippen LogP contribution >= 0.6 is 0 Å². The number of fused-ring (bicyclic) bond motifs is 4. The topological polar surface area (TPSA) is 77.8 Å². The Kier molecular flexibility index (Phi) is 6.37. The molecule has 0 saturated heterocycles. The summed E-state index contributed by atoms with van der Waals surface area (Å²) >= 11 is 0. The Morgan fingerprint density at radius 2 is 1.92 bits per heavy atom. The molecule has 4 aliphatic carbocycles. The summed E-state index contributed by atoms with van der Waals surface area (Å²) < 4.78 is 0. The third kappa shape index (κ3) is 4.00. The van der Waals surface area contributed by atoms with Crippen molar-refractivity contribution in [3.05, 3.63) is 52.6 Å². The first-order valence-electron chi connectivity index (χ1n) is 13.3. The number of aliphatic hydroxyl groups is 1. The molecule has 2 saturated carbocycles. The average molecular weight is 488 g/mol. The third-order valence-electron chi connectivity index (χ3n) is 9.62. The summed E-state index contributed by atoms with van der Waals surface area (Å²) in [5, 5.41) is 20.8. The number of nitrogens with zero attached hydrogens (tertiary/aromatic N) is 1. The van der Waals surface area contributed by atoms with E-state index in [4.69, 9.17) is 5.11 Å². The van der Waals surface area contributed by atoms with Crippen LogP contribution < -0.4 is 4.90 Å². The van der Waals surface area contributed by atoms with Gasteiger partial charge in [0.05, 0.1) is 6.42 Å². The summed E-state index contributed by atoms with van der Waals surface area (Å²) in [4.78, 5) is 25.2. The Morgan fingerprint density at radius 1 is 1.17 bits per heavy atom. The van der Waals surface area contributed by atoms with E-state index in [0.717, 1.165) is 44.2 Å². The minimum atomic E-state index is -0.976. The van der Waals surface area contributed by atoms with Crippen LogP contribution in [0.5, 0.6) is 0 Å². The lowest BCUT2D eigenvalue weighted by molar-refractivity contribution is -0.136. The van der Waals surface area contributed by atoms with E-state index in [9.17, 15) is 14.7 Å². The van der Waals surface area contributed by atoms with Gasteiger partial charge in [0.15, 0.2) is 5.78 Å². The molecule has 2 fully saturated rings. The molecular formula is C31H37NO4. The summed E-state index contributed by atoms with van der Waals surface area (Å²) in [6.07, 6.45) is 7.92. The van der Waals surface area contributed by atoms with Crippen molar-refractivity contribution in [1.82, 2.24) is 0 Å². The minimum Gasteiger partial charge on any atom is -0.481 e. The van der Waals surface area contributed by atoms with Gasteiger partial charge in [0.25, 0.3) is 0 Å². The van der Waals surface area contributed by atoms with Gasteiger partial charge in [-0.25, -0.2) is 0 Å². The number of anilines is 1. The van der Waals surface area contributed by atoms with Crippen molar-refractivity contribution in [2.24, 2.45) is 17.3 Å². The van der Waals surface area contributed by atoms with E-state index in [1.165, 1.54) is 22.3 Å². The molecular weight excluding hydrogens is 450 g/mol. The number of carboxylic acids is 1. The summed E-state index contributed by atoms with van der Waals surface area (Å²) in [5.74, 6) is 6.65. The summed E-state index contributed by atoms with van der Waals surface area (Å²) in [5.41, 5.74) is 5.10. The quantitative estimate of drug-likeness (QED) is 0.555. The fourth-order valence-electron chi connectivity index (χ4n) is 7.73. The molecule has 5 nitrogen and oxygen atoms in total. The second-order valence-corrected chi connectivity index (χ2v) is 11.4. The maximum absolute atomic E-state index is 12.2. The molecule has 0 spiro atoms. The lowest BCUT2D eigenvalue weighted by Crippen LogP contribution is -2.51. The molecule has 36 heavy (non-hydrogen) atoms. The Bertz CT molecular complexity index is 1200. The molecule has 5 atom stereocenters. The highest BCUT2D eigenvalue weighted by molar-refractivity contribution is 5.93. The zero-order chi connectivity index (χ0) is 25.7. The number of hydrogen-bond donors (Lipinski definition) is 2. The molecule has 0 bridgehead atoms. The van der Waals surface area contributed by atoms with Crippen LogP contribution in [0.3, 0.4) is 0 Å². The first kappa shape index (κ1) is 24.8. The molecule has 0 amide bonds. The normalized spacial score (nSPS) is 33.1. The van der Waals surface area contributed by atoms with E-state index in [2.05, 4.69) is 43.0 Å². The highest BCUT2D eigenvalue weighted by Crippen LogP contribution is 2.66. The average Bonchev–Trinajstić information content (AvgIpc) is 3.12. The van der Waals surface area contributed by atoms with Gasteiger partial charge in [-0.15, -0.1) is 5.92 Å². The molecule has 5 rings (SSSR count). The van der Waals surface area contributed by atoms with E-state index < -0.39 is 11.6 Å². The standard InChI is InChI=1S/C31H37NO4/c1-4-15-31(36)16-13-27-25-11-7-21-18-23(33)10-12-24(21)29(25)26(19-30(27,31)2)20-5-8-22(9-6-20)32(3)17-14-28(34)35/h5-6,8-9,18,25-27,36H,7,10-14,16-17,19H2,1-3H3,(H,34,35)/t25-,26+,27-,30-,31-/m0/s1. The first-order chi connectivity index (χ1) is 17.2. The van der Waals surface area contributed by atoms with Crippen molar-refractivity contribution >= 4 is 17.4 Å². The van der Waals surface area contributed by atoms with Crippen LogP contribution in [-0.4, -0.2) is 41.2 Å². The van der Waals surface area contributed by atoms with Gasteiger partial charge in [-0.05, 0) is 92.2 Å². The van der Waals surface area contributed by atoms with E-state index >= 15 is 0 Å². The highest BCUT2D eigenvalue weighted by atomic mass is 16.4. The van der Waals surface area contributed by atoms with Crippen LogP contribution in [0.2, 0.25) is 0 Å². The van der Waals surface area contributed by atoms with Crippen LogP contribution in [0.25, 0.3) is 0 Å². The molecule has 0 heterocycles. The lowest BCUT2D eigenvalue weighted by atomic mass is 9.51. The SMILES string of the molecule is CC#C[C@]1(O)CC[C@H]2[C@@H]3CCC4=CC(=O)CCC4=C3[C@@H](c3ccc(N(C)CCC(=O)O)cc3)C[C@@]21C. The molecule has 0 aromatic heterocycles. The fourth-order valence-corrected chi connectivity index (χ4v) is 7.73. The monoisotopic (exact) mass is 487 g/mol. The van der Waals surface area contributed by atoms with Crippen LogP contribution in [0.4, 0.5) is 5.69 Å². The molecule has 190 valence electrons. The second kappa shape index (κ2) is 9.23. The molecule has 1 aromatic rings. The lowest BCUT2D eigenvalue weighted by Gasteiger charge is -2.53. The predicted molar refractivity (Wildman–Crippen MR) is 141 cm³/mol. The smallest absolute Gasteiger partial charge is 0.305 e. The molecule has 1 aromatic carbocycles.